The fraction of sp³-hybridized carbons (Fsp3) is 0.533. The van der Waals surface area contributed by atoms with Crippen molar-refractivity contribution in [2.75, 3.05) is 20.1 Å². The second-order valence-corrected chi connectivity index (χ2v) is 10.4. The Morgan fingerprint density at radius 1 is 1.28 bits per heavy atom. The molecule has 1 aromatic carbocycles. The molecule has 10 heteroatoms. The number of rotatable bonds is 5. The van der Waals surface area contributed by atoms with Gasteiger partial charge in [0, 0.05) is 13.1 Å². The summed E-state index contributed by atoms with van der Waals surface area (Å²) in [7, 11) is -6.49. The van der Waals surface area contributed by atoms with Gasteiger partial charge in [-0.2, -0.15) is 4.31 Å². The van der Waals surface area contributed by atoms with Gasteiger partial charge in [0.05, 0.1) is 15.2 Å². The highest BCUT2D eigenvalue weighted by Crippen LogP contribution is 2.50. The number of benzene rings is 1. The van der Waals surface area contributed by atoms with E-state index < -0.39 is 31.4 Å². The van der Waals surface area contributed by atoms with E-state index in [-0.39, 0.29) is 28.8 Å². The van der Waals surface area contributed by atoms with Crippen molar-refractivity contribution in [3.8, 4) is 0 Å². The highest BCUT2D eigenvalue weighted by molar-refractivity contribution is 7.90. The first-order valence-electron chi connectivity index (χ1n) is 7.91. The number of fused-ring (bicyclic) bond motifs is 1. The molecular formula is C15H20N2O6S2. The molecule has 0 radical (unpaired) electrons. The number of nitrogens with zero attached hydrogens (tertiary/aromatic N) is 1. The Morgan fingerprint density at radius 2 is 1.96 bits per heavy atom. The summed E-state index contributed by atoms with van der Waals surface area (Å²) in [5, 5.41) is 9.60. The standard InChI is InChI=1S/C15H20N2O6S2/c1-16-24(20,21)12-5-2-6-13(8-12)25(22,23)17-9-11-4-3-7-15(11,10-17)14(18)19/h2,5-6,8,11,16H,3-4,7,9-10H2,1H3,(H,18,19)/t11-,15+/m0/s1. The van der Waals surface area contributed by atoms with Gasteiger partial charge >= 0.3 is 5.97 Å². The summed E-state index contributed by atoms with van der Waals surface area (Å²) in [6.45, 7) is 0.0793. The van der Waals surface area contributed by atoms with Crippen LogP contribution in [0.5, 0.6) is 0 Å². The first-order chi connectivity index (χ1) is 11.6. The lowest BCUT2D eigenvalue weighted by Gasteiger charge is -2.23. The van der Waals surface area contributed by atoms with Gasteiger partial charge in [-0.25, -0.2) is 21.6 Å². The fourth-order valence-electron chi connectivity index (χ4n) is 3.84. The normalized spacial score (nSPS) is 27.3. The topological polar surface area (TPSA) is 121 Å². The molecule has 1 aromatic rings. The van der Waals surface area contributed by atoms with Crippen LogP contribution in [0.25, 0.3) is 0 Å². The van der Waals surface area contributed by atoms with Gasteiger partial charge in [-0.05, 0) is 44.0 Å². The van der Waals surface area contributed by atoms with Crippen molar-refractivity contribution in [2.24, 2.45) is 11.3 Å². The van der Waals surface area contributed by atoms with Crippen LogP contribution in [0.2, 0.25) is 0 Å². The molecular weight excluding hydrogens is 368 g/mol. The SMILES string of the molecule is CNS(=O)(=O)c1cccc(S(=O)(=O)N2C[C@@H]3CCC[C@@]3(C(=O)O)C2)c1. The zero-order valence-corrected chi connectivity index (χ0v) is 15.3. The maximum atomic E-state index is 12.9. The summed E-state index contributed by atoms with van der Waals surface area (Å²) in [6.07, 6.45) is 1.93. The molecule has 0 amide bonds. The number of carboxylic acids is 1. The number of nitrogens with one attached hydrogen (secondary N) is 1. The van der Waals surface area contributed by atoms with Crippen LogP contribution < -0.4 is 4.72 Å². The summed E-state index contributed by atoms with van der Waals surface area (Å²) in [4.78, 5) is 11.4. The first kappa shape index (κ1) is 18.3. The fourth-order valence-corrected chi connectivity index (χ4v) is 6.30. The molecule has 1 heterocycles. The van der Waals surface area contributed by atoms with E-state index >= 15 is 0 Å². The average Bonchev–Trinajstić information content (AvgIpc) is 3.13. The van der Waals surface area contributed by atoms with Crippen molar-refractivity contribution in [1.29, 1.82) is 0 Å². The van der Waals surface area contributed by atoms with Gasteiger partial charge in [0.1, 0.15) is 0 Å². The summed E-state index contributed by atoms with van der Waals surface area (Å²) in [5.41, 5.74) is -1.03. The molecule has 2 N–H and O–H groups in total. The number of sulfonamides is 2. The number of carboxylic acid groups (broad SMARTS) is 1. The number of carbonyl (C=O) groups is 1. The van der Waals surface area contributed by atoms with E-state index in [9.17, 15) is 26.7 Å². The molecule has 2 atom stereocenters. The quantitative estimate of drug-likeness (QED) is 0.756. The minimum atomic E-state index is -3.97. The van der Waals surface area contributed by atoms with E-state index in [0.717, 1.165) is 12.5 Å². The van der Waals surface area contributed by atoms with Crippen LogP contribution in [0.1, 0.15) is 19.3 Å². The van der Waals surface area contributed by atoms with Crippen LogP contribution in [-0.2, 0) is 24.8 Å². The molecule has 0 aromatic heterocycles. The Morgan fingerprint density at radius 3 is 2.56 bits per heavy atom. The lowest BCUT2D eigenvalue weighted by atomic mass is 9.81. The highest BCUT2D eigenvalue weighted by atomic mass is 32.2. The van der Waals surface area contributed by atoms with E-state index in [0.29, 0.717) is 12.8 Å². The molecule has 0 unspecified atom stereocenters. The largest absolute Gasteiger partial charge is 0.481 e. The van der Waals surface area contributed by atoms with Crippen LogP contribution in [0.4, 0.5) is 0 Å². The molecule has 1 saturated carbocycles. The Kier molecular flexibility index (Phi) is 4.43. The summed E-state index contributed by atoms with van der Waals surface area (Å²) < 4.78 is 53.0. The van der Waals surface area contributed by atoms with Gasteiger partial charge in [-0.15, -0.1) is 0 Å². The molecule has 0 bridgehead atoms. The van der Waals surface area contributed by atoms with E-state index in [4.69, 9.17) is 0 Å². The molecule has 1 aliphatic heterocycles. The maximum absolute atomic E-state index is 12.9. The molecule has 2 fully saturated rings. The molecule has 25 heavy (non-hydrogen) atoms. The Hall–Kier alpha value is -1.49. The third kappa shape index (κ3) is 2.86. The van der Waals surface area contributed by atoms with Crippen molar-refractivity contribution in [3.63, 3.8) is 0 Å². The van der Waals surface area contributed by atoms with Crippen molar-refractivity contribution in [1.82, 2.24) is 9.03 Å². The second kappa shape index (κ2) is 6.04. The molecule has 3 rings (SSSR count). The van der Waals surface area contributed by atoms with Gasteiger partial charge in [0.15, 0.2) is 0 Å². The Labute approximate surface area is 146 Å². The monoisotopic (exact) mass is 388 g/mol. The molecule has 138 valence electrons. The Bertz CT molecular complexity index is 912. The zero-order chi connectivity index (χ0) is 18.5. The van der Waals surface area contributed by atoms with Crippen LogP contribution in [0, 0.1) is 11.3 Å². The predicted molar refractivity (Wildman–Crippen MR) is 88.9 cm³/mol. The molecule has 0 spiro atoms. The lowest BCUT2D eigenvalue weighted by molar-refractivity contribution is -0.149. The van der Waals surface area contributed by atoms with Gasteiger partial charge < -0.3 is 5.11 Å². The van der Waals surface area contributed by atoms with Crippen molar-refractivity contribution in [3.05, 3.63) is 24.3 Å². The van der Waals surface area contributed by atoms with Gasteiger partial charge in [0.2, 0.25) is 20.0 Å². The van der Waals surface area contributed by atoms with Gasteiger partial charge in [0.25, 0.3) is 0 Å². The Balaban J connectivity index is 1.96. The van der Waals surface area contributed by atoms with Crippen molar-refractivity contribution in [2.45, 2.75) is 29.1 Å². The average molecular weight is 388 g/mol. The van der Waals surface area contributed by atoms with E-state index in [1.807, 2.05) is 0 Å². The number of aliphatic carboxylic acids is 1. The predicted octanol–water partition coefficient (Wildman–Crippen LogP) is 0.470. The maximum Gasteiger partial charge on any atom is 0.311 e. The third-order valence-corrected chi connectivity index (χ3v) is 8.51. The zero-order valence-electron chi connectivity index (χ0n) is 13.7. The number of hydrogen-bond donors (Lipinski definition) is 2. The third-order valence-electron chi connectivity index (χ3n) is 5.29. The summed E-state index contributed by atoms with van der Waals surface area (Å²) in [6, 6.07) is 5.09. The van der Waals surface area contributed by atoms with Crippen LogP contribution >= 0.6 is 0 Å². The van der Waals surface area contributed by atoms with Crippen LogP contribution in [0.3, 0.4) is 0 Å². The lowest BCUT2D eigenvalue weighted by Crippen LogP contribution is -2.37. The molecule has 1 saturated heterocycles. The van der Waals surface area contributed by atoms with Gasteiger partial charge in [-0.1, -0.05) is 12.5 Å². The summed E-state index contributed by atoms with van der Waals surface area (Å²) >= 11 is 0. The second-order valence-electron chi connectivity index (χ2n) is 6.53. The van der Waals surface area contributed by atoms with Crippen molar-refractivity contribution >= 4 is 26.0 Å². The summed E-state index contributed by atoms with van der Waals surface area (Å²) in [5.74, 6) is -1.16. The molecule has 1 aliphatic carbocycles. The minimum absolute atomic E-state index is 0.0711. The first-order valence-corrected chi connectivity index (χ1v) is 10.8. The van der Waals surface area contributed by atoms with E-state index in [1.54, 1.807) is 0 Å². The number of hydrogen-bond acceptors (Lipinski definition) is 5. The minimum Gasteiger partial charge on any atom is -0.481 e. The smallest absolute Gasteiger partial charge is 0.311 e. The molecule has 2 aliphatic rings. The van der Waals surface area contributed by atoms with Crippen LogP contribution in [-0.4, -0.2) is 52.4 Å². The van der Waals surface area contributed by atoms with Crippen LogP contribution in [0.15, 0.2) is 34.1 Å². The highest BCUT2D eigenvalue weighted by Gasteiger charge is 2.57. The molecule has 8 nitrogen and oxygen atoms in total. The van der Waals surface area contributed by atoms with Gasteiger partial charge in [-0.3, -0.25) is 4.79 Å². The van der Waals surface area contributed by atoms with E-state index in [2.05, 4.69) is 4.72 Å². The van der Waals surface area contributed by atoms with Crippen molar-refractivity contribution < 1.29 is 26.7 Å². The van der Waals surface area contributed by atoms with E-state index in [1.165, 1.54) is 29.6 Å².